The number of rotatable bonds is 5. The van der Waals surface area contributed by atoms with Crippen molar-refractivity contribution >= 4 is 11.8 Å². The highest BCUT2D eigenvalue weighted by atomic mass is 32.2. The van der Waals surface area contributed by atoms with E-state index in [2.05, 4.69) is 32.0 Å². The summed E-state index contributed by atoms with van der Waals surface area (Å²) in [5.41, 5.74) is 8.59. The average molecular weight is 289 g/mol. The van der Waals surface area contributed by atoms with Crippen LogP contribution in [0.2, 0.25) is 0 Å². The normalized spacial score (nSPS) is 12.4. The van der Waals surface area contributed by atoms with Crippen LogP contribution in [0, 0.1) is 12.7 Å². The van der Waals surface area contributed by atoms with Crippen LogP contribution >= 0.6 is 11.8 Å². The molecule has 0 fully saturated rings. The fourth-order valence-electron chi connectivity index (χ4n) is 2.02. The summed E-state index contributed by atoms with van der Waals surface area (Å²) in [4.78, 5) is 2.24. The highest BCUT2D eigenvalue weighted by Gasteiger charge is 2.09. The van der Waals surface area contributed by atoms with Gasteiger partial charge in [-0.05, 0) is 55.7 Å². The van der Waals surface area contributed by atoms with Crippen LogP contribution in [0.3, 0.4) is 0 Å². The first kappa shape index (κ1) is 15.1. The Hall–Kier alpha value is -1.32. The minimum absolute atomic E-state index is 0.185. The Kier molecular flexibility index (Phi) is 5.21. The fourth-order valence-corrected chi connectivity index (χ4v) is 2.96. The molecule has 0 bridgehead atoms. The van der Waals surface area contributed by atoms with Gasteiger partial charge < -0.3 is 5.73 Å². The summed E-state index contributed by atoms with van der Waals surface area (Å²) in [6, 6.07) is 13.2. The van der Waals surface area contributed by atoms with Crippen molar-refractivity contribution in [2.75, 3.05) is 0 Å². The molecule has 0 aromatic heterocycles. The summed E-state index contributed by atoms with van der Waals surface area (Å²) in [7, 11) is 0. The Morgan fingerprint density at radius 2 is 1.85 bits per heavy atom. The molecular formula is C17H20FNS. The maximum Gasteiger partial charge on any atom is 0.123 e. The third kappa shape index (κ3) is 4.09. The van der Waals surface area contributed by atoms with Gasteiger partial charge >= 0.3 is 0 Å². The van der Waals surface area contributed by atoms with Crippen LogP contribution in [0.15, 0.2) is 52.3 Å². The summed E-state index contributed by atoms with van der Waals surface area (Å²) in [5.74, 6) is -0.202. The molecule has 0 aliphatic carbocycles. The van der Waals surface area contributed by atoms with Gasteiger partial charge in [-0.15, -0.1) is 0 Å². The van der Waals surface area contributed by atoms with Crippen LogP contribution in [-0.2, 0) is 6.42 Å². The Morgan fingerprint density at radius 3 is 2.50 bits per heavy atom. The van der Waals surface area contributed by atoms with Crippen LogP contribution < -0.4 is 5.73 Å². The highest BCUT2D eigenvalue weighted by molar-refractivity contribution is 7.99. The van der Waals surface area contributed by atoms with E-state index in [0.717, 1.165) is 17.7 Å². The number of benzene rings is 2. The zero-order valence-electron chi connectivity index (χ0n) is 11.9. The van der Waals surface area contributed by atoms with E-state index >= 15 is 0 Å². The maximum absolute atomic E-state index is 12.9. The molecule has 0 heterocycles. The van der Waals surface area contributed by atoms with Gasteiger partial charge in [0.25, 0.3) is 0 Å². The molecule has 0 radical (unpaired) electrons. The summed E-state index contributed by atoms with van der Waals surface area (Å²) in [5, 5.41) is 0. The van der Waals surface area contributed by atoms with E-state index in [9.17, 15) is 4.39 Å². The summed E-state index contributed by atoms with van der Waals surface area (Å²) < 4.78 is 12.9. The third-order valence-electron chi connectivity index (χ3n) is 3.26. The Labute approximate surface area is 124 Å². The molecule has 20 heavy (non-hydrogen) atoms. The van der Waals surface area contributed by atoms with Crippen molar-refractivity contribution in [2.45, 2.75) is 42.5 Å². The van der Waals surface area contributed by atoms with E-state index in [1.54, 1.807) is 11.8 Å². The molecule has 106 valence electrons. The quantitative estimate of drug-likeness (QED) is 0.873. The van der Waals surface area contributed by atoms with E-state index in [1.807, 2.05) is 12.1 Å². The van der Waals surface area contributed by atoms with Gasteiger partial charge in [0, 0.05) is 15.8 Å². The van der Waals surface area contributed by atoms with E-state index < -0.39 is 0 Å². The number of halogens is 1. The van der Waals surface area contributed by atoms with E-state index in [1.165, 1.54) is 28.2 Å². The molecule has 0 saturated carbocycles. The Balaban J connectivity index is 2.23. The van der Waals surface area contributed by atoms with Crippen molar-refractivity contribution in [2.24, 2.45) is 5.73 Å². The highest BCUT2D eigenvalue weighted by Crippen LogP contribution is 2.31. The van der Waals surface area contributed by atoms with Crippen molar-refractivity contribution in [1.29, 1.82) is 0 Å². The number of hydrogen-bond donors (Lipinski definition) is 1. The smallest absolute Gasteiger partial charge is 0.123 e. The average Bonchev–Trinajstić information content (AvgIpc) is 2.44. The largest absolute Gasteiger partial charge is 0.327 e. The minimum Gasteiger partial charge on any atom is -0.327 e. The van der Waals surface area contributed by atoms with E-state index in [4.69, 9.17) is 5.73 Å². The number of aryl methyl sites for hydroxylation is 1. The minimum atomic E-state index is -0.202. The van der Waals surface area contributed by atoms with Crippen LogP contribution in [0.25, 0.3) is 0 Å². The molecule has 0 amide bonds. The molecule has 2 aromatic rings. The Bertz CT molecular complexity index is 566. The zero-order valence-corrected chi connectivity index (χ0v) is 12.7. The van der Waals surface area contributed by atoms with Crippen molar-refractivity contribution < 1.29 is 4.39 Å². The van der Waals surface area contributed by atoms with Crippen LogP contribution in [0.1, 0.15) is 24.5 Å². The van der Waals surface area contributed by atoms with Crippen molar-refractivity contribution in [1.82, 2.24) is 0 Å². The molecule has 2 N–H and O–H groups in total. The number of hydrogen-bond acceptors (Lipinski definition) is 2. The molecule has 2 rings (SSSR count). The van der Waals surface area contributed by atoms with Crippen LogP contribution in [0.4, 0.5) is 4.39 Å². The van der Waals surface area contributed by atoms with Gasteiger partial charge in [-0.3, -0.25) is 0 Å². The Morgan fingerprint density at radius 1 is 1.15 bits per heavy atom. The molecule has 0 aliphatic rings. The topological polar surface area (TPSA) is 26.0 Å². The van der Waals surface area contributed by atoms with Gasteiger partial charge in [-0.2, -0.15) is 0 Å². The molecule has 0 spiro atoms. The maximum atomic E-state index is 12.9. The van der Waals surface area contributed by atoms with Crippen LogP contribution in [0.5, 0.6) is 0 Å². The van der Waals surface area contributed by atoms with E-state index in [0.29, 0.717) is 0 Å². The summed E-state index contributed by atoms with van der Waals surface area (Å²) in [6.45, 7) is 4.20. The summed E-state index contributed by atoms with van der Waals surface area (Å²) >= 11 is 1.66. The molecule has 2 aromatic carbocycles. The van der Waals surface area contributed by atoms with Crippen molar-refractivity contribution in [3.05, 3.63) is 59.4 Å². The van der Waals surface area contributed by atoms with Gasteiger partial charge in [0.2, 0.25) is 0 Å². The van der Waals surface area contributed by atoms with Crippen LogP contribution in [-0.4, -0.2) is 6.04 Å². The van der Waals surface area contributed by atoms with Crippen molar-refractivity contribution in [3.63, 3.8) is 0 Å². The second kappa shape index (κ2) is 6.91. The zero-order chi connectivity index (χ0) is 14.5. The number of nitrogens with two attached hydrogens (primary N) is 1. The lowest BCUT2D eigenvalue weighted by atomic mass is 10.0. The van der Waals surface area contributed by atoms with Crippen molar-refractivity contribution in [3.8, 4) is 0 Å². The predicted octanol–water partition coefficient (Wildman–Crippen LogP) is 4.57. The lowest BCUT2D eigenvalue weighted by molar-refractivity contribution is 0.626. The fraction of sp³-hybridized carbons (Fsp3) is 0.294. The monoisotopic (exact) mass is 289 g/mol. The molecule has 1 atom stereocenters. The van der Waals surface area contributed by atoms with Gasteiger partial charge in [0.1, 0.15) is 5.82 Å². The van der Waals surface area contributed by atoms with E-state index in [-0.39, 0.29) is 11.9 Å². The second-order valence-corrected chi connectivity index (χ2v) is 6.15. The first-order chi connectivity index (χ1) is 9.58. The second-order valence-electron chi connectivity index (χ2n) is 5.04. The molecule has 1 nitrogen and oxygen atoms in total. The molecule has 1 unspecified atom stereocenters. The predicted molar refractivity (Wildman–Crippen MR) is 83.7 cm³/mol. The molecular weight excluding hydrogens is 269 g/mol. The first-order valence-electron chi connectivity index (χ1n) is 6.87. The van der Waals surface area contributed by atoms with Gasteiger partial charge in [0.05, 0.1) is 0 Å². The van der Waals surface area contributed by atoms with Gasteiger partial charge in [0.15, 0.2) is 0 Å². The molecule has 0 saturated heterocycles. The molecule has 0 aliphatic heterocycles. The first-order valence-corrected chi connectivity index (χ1v) is 7.68. The van der Waals surface area contributed by atoms with Gasteiger partial charge in [-0.25, -0.2) is 4.39 Å². The standard InChI is InChI=1S/C17H20FNS/c1-3-15(19)11-13-10-12(2)4-9-17(13)20-16-7-5-14(18)6-8-16/h4-10,15H,3,11,19H2,1-2H3. The third-order valence-corrected chi connectivity index (χ3v) is 4.39. The lowest BCUT2D eigenvalue weighted by Gasteiger charge is -2.14. The summed E-state index contributed by atoms with van der Waals surface area (Å²) in [6.07, 6.45) is 1.84. The molecule has 3 heteroatoms. The SMILES string of the molecule is CCC(N)Cc1cc(C)ccc1Sc1ccc(F)cc1. The lowest BCUT2D eigenvalue weighted by Crippen LogP contribution is -2.21. The van der Waals surface area contributed by atoms with Gasteiger partial charge in [-0.1, -0.05) is 36.4 Å².